The Labute approximate surface area is 111 Å². The monoisotopic (exact) mass is 256 g/mol. The van der Waals surface area contributed by atoms with Gasteiger partial charge >= 0.3 is 5.97 Å². The summed E-state index contributed by atoms with van der Waals surface area (Å²) < 4.78 is 6.94. The van der Waals surface area contributed by atoms with Gasteiger partial charge in [-0.2, -0.15) is 0 Å². The molecule has 4 nitrogen and oxygen atoms in total. The minimum Gasteiger partial charge on any atom is -0.459 e. The Hall–Kier alpha value is -1.32. The van der Waals surface area contributed by atoms with Crippen LogP contribution < -0.4 is 0 Å². The van der Waals surface area contributed by atoms with Crippen LogP contribution in [0.5, 0.6) is 0 Å². The van der Waals surface area contributed by atoms with Gasteiger partial charge in [0.05, 0.1) is 0 Å². The standard InChI is InChI=1S/C10H16N2O2.2C2H6/c1-8-11-5-6-12(8)7-9(13)14-10(2,3)4;2*1-2/h5-6H,7H2,1-4H3;2*1-2H3. The van der Waals surface area contributed by atoms with Crippen LogP contribution in [0.15, 0.2) is 12.4 Å². The molecule has 0 aliphatic carbocycles. The highest BCUT2D eigenvalue weighted by Gasteiger charge is 2.16. The van der Waals surface area contributed by atoms with E-state index >= 15 is 0 Å². The van der Waals surface area contributed by atoms with Gasteiger partial charge in [0.2, 0.25) is 0 Å². The van der Waals surface area contributed by atoms with E-state index in [1.54, 1.807) is 17.0 Å². The van der Waals surface area contributed by atoms with Crippen LogP contribution >= 0.6 is 0 Å². The van der Waals surface area contributed by atoms with Gasteiger partial charge in [0.15, 0.2) is 0 Å². The molecule has 0 atom stereocenters. The van der Waals surface area contributed by atoms with Gasteiger partial charge < -0.3 is 9.30 Å². The van der Waals surface area contributed by atoms with Crippen LogP contribution in [-0.2, 0) is 16.1 Å². The summed E-state index contributed by atoms with van der Waals surface area (Å²) in [5.74, 6) is 0.578. The maximum absolute atomic E-state index is 11.4. The largest absolute Gasteiger partial charge is 0.459 e. The molecule has 0 unspecified atom stereocenters. The van der Waals surface area contributed by atoms with E-state index in [-0.39, 0.29) is 12.5 Å². The molecule has 0 saturated carbocycles. The first-order valence-electron chi connectivity index (χ1n) is 6.58. The molecule has 1 aromatic rings. The highest BCUT2D eigenvalue weighted by Crippen LogP contribution is 2.08. The maximum Gasteiger partial charge on any atom is 0.326 e. The summed E-state index contributed by atoms with van der Waals surface area (Å²) in [7, 11) is 0. The number of imidazole rings is 1. The summed E-state index contributed by atoms with van der Waals surface area (Å²) in [4.78, 5) is 15.4. The fourth-order valence-electron chi connectivity index (χ4n) is 1.08. The molecule has 0 aromatic carbocycles. The van der Waals surface area contributed by atoms with Crippen molar-refractivity contribution in [2.75, 3.05) is 0 Å². The summed E-state index contributed by atoms with van der Waals surface area (Å²) in [6, 6.07) is 0. The van der Waals surface area contributed by atoms with E-state index in [2.05, 4.69) is 4.98 Å². The minimum absolute atomic E-state index is 0.225. The fourth-order valence-corrected chi connectivity index (χ4v) is 1.08. The van der Waals surface area contributed by atoms with Crippen molar-refractivity contribution in [2.45, 2.75) is 67.5 Å². The normalized spacial score (nSPS) is 9.56. The van der Waals surface area contributed by atoms with Crippen molar-refractivity contribution in [3.8, 4) is 0 Å². The summed E-state index contributed by atoms with van der Waals surface area (Å²) in [6.07, 6.45) is 3.43. The molecule has 1 rings (SSSR count). The van der Waals surface area contributed by atoms with Gasteiger partial charge in [-0.15, -0.1) is 0 Å². The first kappa shape index (κ1) is 19.0. The summed E-state index contributed by atoms with van der Waals surface area (Å²) >= 11 is 0. The quantitative estimate of drug-likeness (QED) is 0.760. The third kappa shape index (κ3) is 8.79. The van der Waals surface area contributed by atoms with Crippen LogP contribution in [0.25, 0.3) is 0 Å². The average Bonchev–Trinajstić information content (AvgIpc) is 2.67. The van der Waals surface area contributed by atoms with Crippen LogP contribution in [0.1, 0.15) is 54.3 Å². The van der Waals surface area contributed by atoms with Crippen molar-refractivity contribution in [2.24, 2.45) is 0 Å². The minimum atomic E-state index is -0.425. The van der Waals surface area contributed by atoms with Gasteiger partial charge in [-0.3, -0.25) is 4.79 Å². The number of rotatable bonds is 2. The summed E-state index contributed by atoms with van der Waals surface area (Å²) in [6.45, 7) is 15.6. The van der Waals surface area contributed by atoms with Gasteiger partial charge in [-0.1, -0.05) is 27.7 Å². The Morgan fingerprint density at radius 2 is 1.78 bits per heavy atom. The van der Waals surface area contributed by atoms with E-state index in [0.29, 0.717) is 0 Å². The molecular formula is C14H28N2O2. The molecule has 0 radical (unpaired) electrons. The molecule has 0 spiro atoms. The van der Waals surface area contributed by atoms with Crippen molar-refractivity contribution >= 4 is 5.97 Å². The molecular weight excluding hydrogens is 228 g/mol. The lowest BCUT2D eigenvalue weighted by molar-refractivity contribution is -0.155. The van der Waals surface area contributed by atoms with E-state index in [9.17, 15) is 4.79 Å². The van der Waals surface area contributed by atoms with E-state index in [0.717, 1.165) is 5.82 Å². The highest BCUT2D eigenvalue weighted by atomic mass is 16.6. The second-order valence-electron chi connectivity index (χ2n) is 4.19. The number of carbonyl (C=O) groups excluding carboxylic acids is 1. The Bertz CT molecular complexity index is 325. The van der Waals surface area contributed by atoms with E-state index < -0.39 is 5.60 Å². The van der Waals surface area contributed by atoms with Crippen LogP contribution in [-0.4, -0.2) is 21.1 Å². The van der Waals surface area contributed by atoms with Crippen LogP contribution in [0.3, 0.4) is 0 Å². The number of carbonyl (C=O) groups is 1. The molecule has 0 bridgehead atoms. The molecule has 1 heterocycles. The highest BCUT2D eigenvalue weighted by molar-refractivity contribution is 5.69. The number of esters is 1. The van der Waals surface area contributed by atoms with Crippen LogP contribution in [0.2, 0.25) is 0 Å². The lowest BCUT2D eigenvalue weighted by atomic mass is 10.2. The molecule has 0 amide bonds. The maximum atomic E-state index is 11.4. The lowest BCUT2D eigenvalue weighted by Crippen LogP contribution is -2.26. The number of aromatic nitrogens is 2. The van der Waals surface area contributed by atoms with Crippen molar-refractivity contribution < 1.29 is 9.53 Å². The number of ether oxygens (including phenoxy) is 1. The van der Waals surface area contributed by atoms with Crippen LogP contribution in [0.4, 0.5) is 0 Å². The van der Waals surface area contributed by atoms with Gasteiger partial charge in [-0.25, -0.2) is 4.98 Å². The van der Waals surface area contributed by atoms with Crippen LogP contribution in [0, 0.1) is 6.92 Å². The molecule has 0 aliphatic rings. The number of hydrogen-bond acceptors (Lipinski definition) is 3. The zero-order valence-corrected chi connectivity index (χ0v) is 13.1. The first-order valence-corrected chi connectivity index (χ1v) is 6.58. The smallest absolute Gasteiger partial charge is 0.326 e. The number of hydrogen-bond donors (Lipinski definition) is 0. The van der Waals surface area contributed by atoms with Crippen molar-refractivity contribution in [3.63, 3.8) is 0 Å². The molecule has 0 saturated heterocycles. The Balaban J connectivity index is 0. The first-order chi connectivity index (χ1) is 8.38. The second kappa shape index (κ2) is 9.68. The molecule has 1 aromatic heterocycles. The summed E-state index contributed by atoms with van der Waals surface area (Å²) in [5, 5.41) is 0. The van der Waals surface area contributed by atoms with E-state index in [1.807, 2.05) is 55.4 Å². The van der Waals surface area contributed by atoms with Crippen molar-refractivity contribution in [1.82, 2.24) is 9.55 Å². The zero-order valence-electron chi connectivity index (χ0n) is 13.1. The van der Waals surface area contributed by atoms with Gasteiger partial charge in [0.25, 0.3) is 0 Å². The van der Waals surface area contributed by atoms with Crippen molar-refractivity contribution in [1.29, 1.82) is 0 Å². The number of nitrogens with zero attached hydrogens (tertiary/aromatic N) is 2. The fraction of sp³-hybridized carbons (Fsp3) is 0.714. The van der Waals surface area contributed by atoms with Gasteiger partial charge in [0.1, 0.15) is 18.0 Å². The molecule has 106 valence electrons. The SMILES string of the molecule is CC.CC.Cc1nccn1CC(=O)OC(C)(C)C. The molecule has 0 aliphatic heterocycles. The summed E-state index contributed by atoms with van der Waals surface area (Å²) in [5.41, 5.74) is -0.425. The number of aryl methyl sites for hydroxylation is 1. The van der Waals surface area contributed by atoms with E-state index in [4.69, 9.17) is 4.74 Å². The topological polar surface area (TPSA) is 44.1 Å². The third-order valence-corrected chi connectivity index (χ3v) is 1.64. The lowest BCUT2D eigenvalue weighted by Gasteiger charge is -2.19. The predicted molar refractivity (Wildman–Crippen MR) is 75.5 cm³/mol. The molecule has 18 heavy (non-hydrogen) atoms. The molecule has 0 N–H and O–H groups in total. The molecule has 4 heteroatoms. The molecule has 0 fully saturated rings. The predicted octanol–water partition coefficient (Wildman–Crippen LogP) is 3.59. The second-order valence-corrected chi connectivity index (χ2v) is 4.19. The Kier molecular flexibility index (Phi) is 10.2. The zero-order chi connectivity index (χ0) is 14.8. The van der Waals surface area contributed by atoms with Crippen molar-refractivity contribution in [3.05, 3.63) is 18.2 Å². The average molecular weight is 256 g/mol. The van der Waals surface area contributed by atoms with Gasteiger partial charge in [0, 0.05) is 12.4 Å². The van der Waals surface area contributed by atoms with Gasteiger partial charge in [-0.05, 0) is 27.7 Å². The van der Waals surface area contributed by atoms with E-state index in [1.165, 1.54) is 0 Å². The third-order valence-electron chi connectivity index (χ3n) is 1.64. The Morgan fingerprint density at radius 1 is 1.28 bits per heavy atom. The Morgan fingerprint density at radius 3 is 2.11 bits per heavy atom.